The molecule has 0 amide bonds. The summed E-state index contributed by atoms with van der Waals surface area (Å²) in [7, 11) is 0. The average molecular weight is 209 g/mol. The van der Waals surface area contributed by atoms with Gasteiger partial charge in [0.1, 0.15) is 17.7 Å². The molecule has 2 heterocycles. The predicted molar refractivity (Wildman–Crippen MR) is 58.2 cm³/mol. The molecule has 15 heavy (non-hydrogen) atoms. The van der Waals surface area contributed by atoms with Crippen molar-refractivity contribution in [2.24, 2.45) is 0 Å². The third-order valence-electron chi connectivity index (χ3n) is 2.78. The first kappa shape index (κ1) is 10.4. The van der Waals surface area contributed by atoms with Crippen molar-refractivity contribution in [2.45, 2.75) is 25.6 Å². The van der Waals surface area contributed by atoms with Crippen LogP contribution < -0.4 is 0 Å². The summed E-state index contributed by atoms with van der Waals surface area (Å²) in [5, 5.41) is 0. The summed E-state index contributed by atoms with van der Waals surface area (Å²) in [6.45, 7) is 6.07. The van der Waals surface area contributed by atoms with E-state index in [1.807, 2.05) is 12.1 Å². The zero-order chi connectivity index (χ0) is 10.7. The van der Waals surface area contributed by atoms with Crippen LogP contribution in [0.15, 0.2) is 23.1 Å². The zero-order valence-electron chi connectivity index (χ0n) is 8.79. The minimum absolute atomic E-state index is 0.610. The maximum absolute atomic E-state index is 12.9. The molecule has 0 saturated carbocycles. The Morgan fingerprint density at radius 3 is 2.80 bits per heavy atom. The molecule has 1 aliphatic heterocycles. The van der Waals surface area contributed by atoms with Crippen molar-refractivity contribution in [1.82, 2.24) is 4.90 Å². The van der Waals surface area contributed by atoms with Gasteiger partial charge >= 0.3 is 0 Å². The van der Waals surface area contributed by atoms with E-state index in [4.69, 9.17) is 4.42 Å². The molecule has 1 saturated heterocycles. The molecule has 2 nitrogen and oxygen atoms in total. The van der Waals surface area contributed by atoms with E-state index in [2.05, 4.69) is 11.5 Å². The molecule has 0 bridgehead atoms. The molecule has 1 fully saturated rings. The number of hydrogen-bond acceptors (Lipinski definition) is 2. The van der Waals surface area contributed by atoms with Crippen molar-refractivity contribution in [3.63, 3.8) is 0 Å². The van der Waals surface area contributed by atoms with E-state index >= 15 is 0 Å². The van der Waals surface area contributed by atoms with Gasteiger partial charge in [0.15, 0.2) is 0 Å². The van der Waals surface area contributed by atoms with Crippen LogP contribution in [0.3, 0.4) is 0 Å². The first-order valence-corrected chi connectivity index (χ1v) is 5.35. The third-order valence-corrected chi connectivity index (χ3v) is 2.78. The SMILES string of the molecule is C=Cc1ccc(CN2CCC(F)CC2)o1. The predicted octanol–water partition coefficient (Wildman–Crippen LogP) is 2.86. The summed E-state index contributed by atoms with van der Waals surface area (Å²) in [5.74, 6) is 1.73. The summed E-state index contributed by atoms with van der Waals surface area (Å²) in [6.07, 6.45) is 2.38. The third kappa shape index (κ3) is 2.69. The second kappa shape index (κ2) is 4.62. The Morgan fingerprint density at radius 2 is 2.20 bits per heavy atom. The molecule has 3 heteroatoms. The lowest BCUT2D eigenvalue weighted by atomic mass is 10.1. The van der Waals surface area contributed by atoms with E-state index in [9.17, 15) is 4.39 Å². The highest BCUT2D eigenvalue weighted by Gasteiger charge is 2.18. The normalized spacial score (nSPS) is 19.3. The van der Waals surface area contributed by atoms with Crippen LogP contribution in [0.1, 0.15) is 24.4 Å². The molecular weight excluding hydrogens is 193 g/mol. The van der Waals surface area contributed by atoms with Crippen molar-refractivity contribution in [2.75, 3.05) is 13.1 Å². The van der Waals surface area contributed by atoms with Gasteiger partial charge in [0.25, 0.3) is 0 Å². The Bertz CT molecular complexity index is 326. The van der Waals surface area contributed by atoms with E-state index in [0.717, 1.165) is 31.2 Å². The van der Waals surface area contributed by atoms with Gasteiger partial charge in [0.05, 0.1) is 6.54 Å². The van der Waals surface area contributed by atoms with Gasteiger partial charge in [0.2, 0.25) is 0 Å². The van der Waals surface area contributed by atoms with E-state index in [0.29, 0.717) is 12.8 Å². The topological polar surface area (TPSA) is 16.4 Å². The van der Waals surface area contributed by atoms with Gasteiger partial charge in [-0.25, -0.2) is 4.39 Å². The number of nitrogens with zero attached hydrogens (tertiary/aromatic N) is 1. The zero-order valence-corrected chi connectivity index (χ0v) is 8.79. The largest absolute Gasteiger partial charge is 0.460 e. The van der Waals surface area contributed by atoms with Crippen LogP contribution in [-0.4, -0.2) is 24.2 Å². The van der Waals surface area contributed by atoms with Gasteiger partial charge in [-0.15, -0.1) is 0 Å². The quantitative estimate of drug-likeness (QED) is 0.761. The maximum Gasteiger partial charge on any atom is 0.126 e. The van der Waals surface area contributed by atoms with Crippen molar-refractivity contribution >= 4 is 6.08 Å². The molecule has 0 aliphatic carbocycles. The molecule has 2 rings (SSSR count). The fraction of sp³-hybridized carbons (Fsp3) is 0.500. The molecule has 0 N–H and O–H groups in total. The van der Waals surface area contributed by atoms with Crippen molar-refractivity contribution in [3.8, 4) is 0 Å². The van der Waals surface area contributed by atoms with E-state index in [1.54, 1.807) is 6.08 Å². The van der Waals surface area contributed by atoms with Gasteiger partial charge in [-0.05, 0) is 31.1 Å². The highest BCUT2D eigenvalue weighted by molar-refractivity contribution is 5.39. The minimum Gasteiger partial charge on any atom is -0.460 e. The van der Waals surface area contributed by atoms with Crippen LogP contribution in [0, 0.1) is 0 Å². The van der Waals surface area contributed by atoms with Gasteiger partial charge < -0.3 is 4.42 Å². The average Bonchev–Trinajstić information content (AvgIpc) is 2.69. The summed E-state index contributed by atoms with van der Waals surface area (Å²) >= 11 is 0. The summed E-state index contributed by atoms with van der Waals surface area (Å²) in [6, 6.07) is 3.86. The van der Waals surface area contributed by atoms with Gasteiger partial charge in [-0.1, -0.05) is 6.58 Å². The lowest BCUT2D eigenvalue weighted by molar-refractivity contribution is 0.138. The second-order valence-electron chi connectivity index (χ2n) is 3.96. The molecule has 0 unspecified atom stereocenters. The molecule has 1 aromatic heterocycles. The number of halogens is 1. The summed E-state index contributed by atoms with van der Waals surface area (Å²) in [5.41, 5.74) is 0. The number of alkyl halides is 1. The van der Waals surface area contributed by atoms with Crippen molar-refractivity contribution < 1.29 is 8.81 Å². The number of likely N-dealkylation sites (tertiary alicyclic amines) is 1. The fourth-order valence-electron chi connectivity index (χ4n) is 1.87. The first-order chi connectivity index (χ1) is 7.28. The van der Waals surface area contributed by atoms with Crippen LogP contribution in [0.25, 0.3) is 6.08 Å². The van der Waals surface area contributed by atoms with Crippen LogP contribution in [0.2, 0.25) is 0 Å². The van der Waals surface area contributed by atoms with Crippen LogP contribution in [-0.2, 0) is 6.54 Å². The maximum atomic E-state index is 12.9. The van der Waals surface area contributed by atoms with Crippen molar-refractivity contribution in [3.05, 3.63) is 30.2 Å². The molecule has 0 atom stereocenters. The number of hydrogen-bond donors (Lipinski definition) is 0. The smallest absolute Gasteiger partial charge is 0.126 e. The van der Waals surface area contributed by atoms with E-state index in [1.165, 1.54) is 0 Å². The summed E-state index contributed by atoms with van der Waals surface area (Å²) in [4.78, 5) is 2.22. The Labute approximate surface area is 89.4 Å². The first-order valence-electron chi connectivity index (χ1n) is 5.35. The van der Waals surface area contributed by atoms with Crippen molar-refractivity contribution in [1.29, 1.82) is 0 Å². The number of furan rings is 1. The Morgan fingerprint density at radius 1 is 1.47 bits per heavy atom. The number of piperidine rings is 1. The van der Waals surface area contributed by atoms with Gasteiger partial charge in [-0.3, -0.25) is 4.90 Å². The molecule has 0 spiro atoms. The lowest BCUT2D eigenvalue weighted by Gasteiger charge is -2.27. The fourth-order valence-corrected chi connectivity index (χ4v) is 1.87. The molecule has 0 aromatic carbocycles. The molecular formula is C12H16FNO. The molecule has 0 radical (unpaired) electrons. The van der Waals surface area contributed by atoms with Crippen LogP contribution in [0.4, 0.5) is 4.39 Å². The van der Waals surface area contributed by atoms with Gasteiger partial charge in [-0.2, -0.15) is 0 Å². The Hall–Kier alpha value is -1.09. The lowest BCUT2D eigenvalue weighted by Crippen LogP contribution is -2.33. The minimum atomic E-state index is -0.610. The van der Waals surface area contributed by atoms with Gasteiger partial charge in [0, 0.05) is 13.1 Å². The van der Waals surface area contributed by atoms with E-state index < -0.39 is 6.17 Å². The molecule has 1 aromatic rings. The standard InChI is InChI=1S/C12H16FNO/c1-2-11-3-4-12(15-11)9-14-7-5-10(13)6-8-14/h2-4,10H,1,5-9H2. The van der Waals surface area contributed by atoms with Crippen LogP contribution >= 0.6 is 0 Å². The second-order valence-corrected chi connectivity index (χ2v) is 3.96. The highest BCUT2D eigenvalue weighted by Crippen LogP contribution is 2.17. The monoisotopic (exact) mass is 209 g/mol. The Kier molecular flexibility index (Phi) is 3.21. The van der Waals surface area contributed by atoms with E-state index in [-0.39, 0.29) is 0 Å². The highest BCUT2D eigenvalue weighted by atomic mass is 19.1. The molecule has 1 aliphatic rings. The summed E-state index contributed by atoms with van der Waals surface area (Å²) < 4.78 is 18.4. The Balaban J connectivity index is 1.88. The van der Waals surface area contributed by atoms with Crippen LogP contribution in [0.5, 0.6) is 0 Å². The molecule has 82 valence electrons. The number of rotatable bonds is 3.